The Labute approximate surface area is 208 Å². The summed E-state index contributed by atoms with van der Waals surface area (Å²) in [6.07, 6.45) is 1.76. The zero-order chi connectivity index (χ0) is 24.9. The Bertz CT molecular complexity index is 1390. The van der Waals surface area contributed by atoms with Gasteiger partial charge in [-0.3, -0.25) is 19.8 Å². The minimum Gasteiger partial charge on any atom is -0.321 e. The summed E-state index contributed by atoms with van der Waals surface area (Å²) >= 11 is 6.12. The van der Waals surface area contributed by atoms with Crippen molar-refractivity contribution in [3.05, 3.63) is 94.6 Å². The van der Waals surface area contributed by atoms with Crippen molar-refractivity contribution >= 4 is 51.6 Å². The number of nitrogens with zero attached hydrogens (tertiary/aromatic N) is 1. The standard InChI is InChI=1S/C27H25ClN4O3/c1-3-17-5-10-21(11-6-17)29-25(33)24-16-19-15-20(28)9-14-23(19)32(24)31-27(35)26(34)30-22-12-7-18(4-2)8-13-22/h5-16H,3-4H2,1-2H3,(H,29,33)(H,30,34)(H,31,35). The fourth-order valence-corrected chi connectivity index (χ4v) is 3.84. The molecule has 1 heterocycles. The van der Waals surface area contributed by atoms with Gasteiger partial charge in [-0.15, -0.1) is 0 Å². The monoisotopic (exact) mass is 488 g/mol. The molecule has 0 aliphatic carbocycles. The van der Waals surface area contributed by atoms with Crippen LogP contribution in [0, 0.1) is 0 Å². The second kappa shape index (κ2) is 10.4. The molecule has 1 aromatic heterocycles. The van der Waals surface area contributed by atoms with Crippen LogP contribution in [0.1, 0.15) is 35.5 Å². The normalized spacial score (nSPS) is 10.7. The first-order valence-electron chi connectivity index (χ1n) is 11.3. The van der Waals surface area contributed by atoms with Crippen LogP contribution < -0.4 is 16.1 Å². The molecule has 0 saturated heterocycles. The molecular weight excluding hydrogens is 464 g/mol. The highest BCUT2D eigenvalue weighted by Gasteiger charge is 2.21. The van der Waals surface area contributed by atoms with Gasteiger partial charge in [0.25, 0.3) is 5.91 Å². The van der Waals surface area contributed by atoms with Crippen molar-refractivity contribution in [3.8, 4) is 0 Å². The van der Waals surface area contributed by atoms with Crippen molar-refractivity contribution in [3.63, 3.8) is 0 Å². The predicted octanol–water partition coefficient (Wildman–Crippen LogP) is 5.38. The fourth-order valence-electron chi connectivity index (χ4n) is 3.66. The number of aromatic nitrogens is 1. The lowest BCUT2D eigenvalue weighted by molar-refractivity contribution is -0.133. The van der Waals surface area contributed by atoms with Crippen molar-refractivity contribution in [1.82, 2.24) is 4.68 Å². The van der Waals surface area contributed by atoms with Gasteiger partial charge >= 0.3 is 11.8 Å². The Kier molecular flexibility index (Phi) is 7.17. The number of carbonyl (C=O) groups excluding carboxylic acids is 3. The highest BCUT2D eigenvalue weighted by atomic mass is 35.5. The van der Waals surface area contributed by atoms with E-state index in [1.807, 2.05) is 43.3 Å². The summed E-state index contributed by atoms with van der Waals surface area (Å²) < 4.78 is 1.30. The lowest BCUT2D eigenvalue weighted by atomic mass is 10.1. The summed E-state index contributed by atoms with van der Waals surface area (Å²) in [4.78, 5) is 38.4. The number of aryl methyl sites for hydroxylation is 2. The van der Waals surface area contributed by atoms with Crippen LogP contribution in [0.25, 0.3) is 10.9 Å². The van der Waals surface area contributed by atoms with E-state index in [9.17, 15) is 14.4 Å². The molecule has 4 rings (SSSR count). The van der Waals surface area contributed by atoms with Crippen molar-refractivity contribution in [2.45, 2.75) is 26.7 Å². The first-order valence-corrected chi connectivity index (χ1v) is 11.7. The van der Waals surface area contributed by atoms with E-state index in [0.29, 0.717) is 27.3 Å². The van der Waals surface area contributed by atoms with E-state index in [1.165, 1.54) is 4.68 Å². The molecule has 0 aliphatic heterocycles. The van der Waals surface area contributed by atoms with Crippen LogP contribution in [0.2, 0.25) is 5.02 Å². The van der Waals surface area contributed by atoms with E-state index in [-0.39, 0.29) is 5.69 Å². The van der Waals surface area contributed by atoms with Gasteiger partial charge in [0.1, 0.15) is 5.69 Å². The Balaban J connectivity index is 1.58. The zero-order valence-corrected chi connectivity index (χ0v) is 20.1. The molecule has 178 valence electrons. The van der Waals surface area contributed by atoms with Crippen molar-refractivity contribution < 1.29 is 14.4 Å². The third-order valence-electron chi connectivity index (χ3n) is 5.66. The fraction of sp³-hybridized carbons (Fsp3) is 0.148. The molecule has 0 radical (unpaired) electrons. The number of benzene rings is 3. The first kappa shape index (κ1) is 24.0. The number of hydrogen-bond acceptors (Lipinski definition) is 3. The number of hydrogen-bond donors (Lipinski definition) is 3. The molecule has 0 fully saturated rings. The quantitative estimate of drug-likeness (QED) is 0.318. The van der Waals surface area contributed by atoms with Gasteiger partial charge in [0.05, 0.1) is 5.52 Å². The molecule has 35 heavy (non-hydrogen) atoms. The summed E-state index contributed by atoms with van der Waals surface area (Å²) in [5.74, 6) is -2.22. The number of rotatable bonds is 6. The van der Waals surface area contributed by atoms with Gasteiger partial charge in [-0.05, 0) is 72.5 Å². The second-order valence-electron chi connectivity index (χ2n) is 8.02. The average Bonchev–Trinajstić information content (AvgIpc) is 3.22. The maximum atomic E-state index is 13.1. The molecule has 3 N–H and O–H groups in total. The van der Waals surface area contributed by atoms with E-state index < -0.39 is 17.7 Å². The highest BCUT2D eigenvalue weighted by Crippen LogP contribution is 2.24. The van der Waals surface area contributed by atoms with Gasteiger partial charge in [-0.2, -0.15) is 0 Å². The third-order valence-corrected chi connectivity index (χ3v) is 5.89. The van der Waals surface area contributed by atoms with Crippen molar-refractivity contribution in [2.24, 2.45) is 0 Å². The van der Waals surface area contributed by atoms with Gasteiger partial charge < -0.3 is 10.6 Å². The summed E-state index contributed by atoms with van der Waals surface area (Å²) in [5, 5.41) is 6.53. The van der Waals surface area contributed by atoms with E-state index in [0.717, 1.165) is 24.0 Å². The first-order chi connectivity index (χ1) is 16.9. The zero-order valence-electron chi connectivity index (χ0n) is 19.4. The minimum absolute atomic E-state index is 0.148. The lowest BCUT2D eigenvalue weighted by Gasteiger charge is -2.13. The van der Waals surface area contributed by atoms with E-state index in [2.05, 4.69) is 23.0 Å². The van der Waals surface area contributed by atoms with Crippen LogP contribution in [0.5, 0.6) is 0 Å². The molecule has 0 aliphatic rings. The van der Waals surface area contributed by atoms with Crippen LogP contribution in [-0.2, 0) is 22.4 Å². The number of halogens is 1. The van der Waals surface area contributed by atoms with Crippen molar-refractivity contribution in [1.29, 1.82) is 0 Å². The van der Waals surface area contributed by atoms with Crippen LogP contribution in [0.3, 0.4) is 0 Å². The summed E-state index contributed by atoms with van der Waals surface area (Å²) in [6, 6.07) is 21.3. The minimum atomic E-state index is -0.918. The molecule has 3 aromatic carbocycles. The highest BCUT2D eigenvalue weighted by molar-refractivity contribution is 6.42. The Hall–Kier alpha value is -4.10. The topological polar surface area (TPSA) is 92.2 Å². The van der Waals surface area contributed by atoms with Gasteiger partial charge in [-0.25, -0.2) is 4.68 Å². The maximum Gasteiger partial charge on any atom is 0.328 e. The van der Waals surface area contributed by atoms with E-state index in [4.69, 9.17) is 11.6 Å². The van der Waals surface area contributed by atoms with Crippen LogP contribution >= 0.6 is 11.6 Å². The van der Waals surface area contributed by atoms with E-state index in [1.54, 1.807) is 36.4 Å². The smallest absolute Gasteiger partial charge is 0.321 e. The van der Waals surface area contributed by atoms with E-state index >= 15 is 0 Å². The molecule has 0 spiro atoms. The number of fused-ring (bicyclic) bond motifs is 1. The maximum absolute atomic E-state index is 13.1. The van der Waals surface area contributed by atoms with Crippen LogP contribution in [-0.4, -0.2) is 22.4 Å². The number of carbonyl (C=O) groups is 3. The SMILES string of the molecule is CCc1ccc(NC(=O)C(=O)Nn2c(C(=O)Nc3ccc(CC)cc3)cc3cc(Cl)ccc32)cc1. The van der Waals surface area contributed by atoms with Gasteiger partial charge in [0, 0.05) is 21.8 Å². The predicted molar refractivity (Wildman–Crippen MR) is 140 cm³/mol. The number of anilines is 2. The van der Waals surface area contributed by atoms with Crippen LogP contribution in [0.4, 0.5) is 11.4 Å². The molecule has 0 unspecified atom stereocenters. The summed E-state index contributed by atoms with van der Waals surface area (Å²) in [7, 11) is 0. The van der Waals surface area contributed by atoms with Gasteiger partial charge in [-0.1, -0.05) is 49.7 Å². The molecule has 0 atom stereocenters. The average molecular weight is 489 g/mol. The Morgan fingerprint density at radius 3 is 1.89 bits per heavy atom. The Morgan fingerprint density at radius 2 is 1.31 bits per heavy atom. The van der Waals surface area contributed by atoms with Gasteiger partial charge in [0.2, 0.25) is 0 Å². The van der Waals surface area contributed by atoms with Crippen LogP contribution in [0.15, 0.2) is 72.8 Å². The van der Waals surface area contributed by atoms with Crippen molar-refractivity contribution in [2.75, 3.05) is 16.1 Å². The molecule has 3 amide bonds. The molecule has 4 aromatic rings. The number of nitrogens with one attached hydrogen (secondary N) is 3. The molecule has 0 bridgehead atoms. The largest absolute Gasteiger partial charge is 0.328 e. The second-order valence-corrected chi connectivity index (χ2v) is 8.45. The summed E-state index contributed by atoms with van der Waals surface area (Å²) in [5.41, 5.74) is 6.59. The molecule has 8 heteroatoms. The van der Waals surface area contributed by atoms with Gasteiger partial charge in [0.15, 0.2) is 0 Å². The summed E-state index contributed by atoms with van der Waals surface area (Å²) in [6.45, 7) is 4.08. The number of amides is 3. The molecule has 7 nitrogen and oxygen atoms in total. The lowest BCUT2D eigenvalue weighted by Crippen LogP contribution is -2.36. The Morgan fingerprint density at radius 1 is 0.743 bits per heavy atom. The molecular formula is C27H25ClN4O3. The third kappa shape index (κ3) is 5.53. The molecule has 0 saturated carbocycles.